The molecular formula is C13H16ClNO2. The molecule has 3 nitrogen and oxygen atoms in total. The first-order chi connectivity index (χ1) is 7.96. The molecule has 1 aromatic carbocycles. The van der Waals surface area contributed by atoms with Gasteiger partial charge in [-0.2, -0.15) is 0 Å². The van der Waals surface area contributed by atoms with E-state index < -0.39 is 0 Å². The van der Waals surface area contributed by atoms with E-state index >= 15 is 0 Å². The van der Waals surface area contributed by atoms with Crippen molar-refractivity contribution >= 4 is 23.2 Å². The lowest BCUT2D eigenvalue weighted by Crippen LogP contribution is -2.09. The van der Waals surface area contributed by atoms with Crippen LogP contribution in [0.1, 0.15) is 32.3 Å². The Hall–Kier alpha value is -1.22. The molecule has 4 heteroatoms. The quantitative estimate of drug-likeness (QED) is 0.897. The van der Waals surface area contributed by atoms with Gasteiger partial charge in [0.2, 0.25) is 5.91 Å². The molecule has 0 aliphatic heterocycles. The second-order valence-corrected chi connectivity index (χ2v) is 5.18. The standard InChI is InChI=1S/C13H16ClNO2/c1-8(16)15-11-6-9(13(2)4-5-13)10(14)7-12(11)17-3/h6-7H,4-5H2,1-3H3,(H,15,16). The molecule has 1 fully saturated rings. The van der Waals surface area contributed by atoms with Crippen LogP contribution in [-0.4, -0.2) is 13.0 Å². The van der Waals surface area contributed by atoms with Gasteiger partial charge in [-0.05, 0) is 29.9 Å². The summed E-state index contributed by atoms with van der Waals surface area (Å²) in [6, 6.07) is 3.70. The topological polar surface area (TPSA) is 38.3 Å². The van der Waals surface area contributed by atoms with E-state index in [1.807, 2.05) is 6.07 Å². The van der Waals surface area contributed by atoms with Crippen LogP contribution in [0.3, 0.4) is 0 Å². The van der Waals surface area contributed by atoms with Gasteiger partial charge in [0, 0.05) is 18.0 Å². The Morgan fingerprint density at radius 3 is 2.59 bits per heavy atom. The predicted octanol–water partition coefficient (Wildman–Crippen LogP) is 3.36. The number of halogens is 1. The summed E-state index contributed by atoms with van der Waals surface area (Å²) in [5.74, 6) is 0.482. The van der Waals surface area contributed by atoms with Crippen molar-refractivity contribution in [2.45, 2.75) is 32.1 Å². The molecule has 0 heterocycles. The highest BCUT2D eigenvalue weighted by Gasteiger charge is 2.41. The van der Waals surface area contributed by atoms with Gasteiger partial charge in [-0.25, -0.2) is 0 Å². The van der Waals surface area contributed by atoms with Crippen molar-refractivity contribution in [3.63, 3.8) is 0 Å². The Morgan fingerprint density at radius 2 is 2.12 bits per heavy atom. The number of hydrogen-bond donors (Lipinski definition) is 1. The first-order valence-corrected chi connectivity index (χ1v) is 6.00. The minimum atomic E-state index is -0.113. The maximum Gasteiger partial charge on any atom is 0.221 e. The minimum Gasteiger partial charge on any atom is -0.495 e. The van der Waals surface area contributed by atoms with E-state index in [0.29, 0.717) is 16.5 Å². The number of carbonyl (C=O) groups is 1. The van der Waals surface area contributed by atoms with E-state index in [2.05, 4.69) is 12.2 Å². The van der Waals surface area contributed by atoms with Crippen molar-refractivity contribution in [3.8, 4) is 5.75 Å². The zero-order valence-corrected chi connectivity index (χ0v) is 11.0. The lowest BCUT2D eigenvalue weighted by Gasteiger charge is -2.16. The molecule has 1 saturated carbocycles. The van der Waals surface area contributed by atoms with Crippen LogP contribution >= 0.6 is 11.6 Å². The molecule has 1 aliphatic rings. The maximum atomic E-state index is 11.1. The molecular weight excluding hydrogens is 238 g/mol. The predicted molar refractivity (Wildman–Crippen MR) is 68.9 cm³/mol. The minimum absolute atomic E-state index is 0.113. The summed E-state index contributed by atoms with van der Waals surface area (Å²) < 4.78 is 5.22. The van der Waals surface area contributed by atoms with Crippen LogP contribution in [0.4, 0.5) is 5.69 Å². The van der Waals surface area contributed by atoms with E-state index in [0.717, 1.165) is 18.4 Å². The van der Waals surface area contributed by atoms with Gasteiger partial charge in [0.1, 0.15) is 5.75 Å². The van der Waals surface area contributed by atoms with Crippen molar-refractivity contribution in [1.29, 1.82) is 0 Å². The number of ether oxygens (including phenoxy) is 1. The summed E-state index contributed by atoms with van der Waals surface area (Å²) in [6.45, 7) is 3.66. The Kier molecular flexibility index (Phi) is 3.04. The first kappa shape index (κ1) is 12.2. The van der Waals surface area contributed by atoms with Gasteiger partial charge in [0.25, 0.3) is 0 Å². The number of nitrogens with one attached hydrogen (secondary N) is 1. The highest BCUT2D eigenvalue weighted by atomic mass is 35.5. The number of benzene rings is 1. The van der Waals surface area contributed by atoms with Gasteiger partial charge < -0.3 is 10.1 Å². The van der Waals surface area contributed by atoms with E-state index in [-0.39, 0.29) is 11.3 Å². The molecule has 1 aliphatic carbocycles. The molecule has 17 heavy (non-hydrogen) atoms. The zero-order valence-electron chi connectivity index (χ0n) is 10.3. The summed E-state index contributed by atoms with van der Waals surface area (Å²) in [5, 5.41) is 3.47. The fraction of sp³-hybridized carbons (Fsp3) is 0.462. The second kappa shape index (κ2) is 4.22. The zero-order chi connectivity index (χ0) is 12.6. The third kappa shape index (κ3) is 2.39. The average Bonchev–Trinajstić information content (AvgIpc) is 2.99. The molecule has 1 aromatic rings. The number of hydrogen-bond acceptors (Lipinski definition) is 2. The van der Waals surface area contributed by atoms with Crippen LogP contribution in [0, 0.1) is 0 Å². The van der Waals surface area contributed by atoms with E-state index in [1.165, 1.54) is 6.92 Å². The van der Waals surface area contributed by atoms with E-state index in [9.17, 15) is 4.79 Å². The highest BCUT2D eigenvalue weighted by Crippen LogP contribution is 2.51. The van der Waals surface area contributed by atoms with Gasteiger partial charge in [0.05, 0.1) is 12.8 Å². The molecule has 1 N–H and O–H groups in total. The monoisotopic (exact) mass is 253 g/mol. The highest BCUT2D eigenvalue weighted by molar-refractivity contribution is 6.31. The number of amides is 1. The van der Waals surface area contributed by atoms with Gasteiger partial charge in [0.15, 0.2) is 0 Å². The molecule has 2 rings (SSSR count). The van der Waals surface area contributed by atoms with Crippen molar-refractivity contribution in [3.05, 3.63) is 22.7 Å². The number of rotatable bonds is 3. The van der Waals surface area contributed by atoms with Crippen LogP contribution in [0.15, 0.2) is 12.1 Å². The van der Waals surface area contributed by atoms with Crippen LogP contribution in [0.5, 0.6) is 5.75 Å². The van der Waals surface area contributed by atoms with E-state index in [4.69, 9.17) is 16.3 Å². The maximum absolute atomic E-state index is 11.1. The molecule has 0 atom stereocenters. The fourth-order valence-corrected chi connectivity index (χ4v) is 2.31. The van der Waals surface area contributed by atoms with Gasteiger partial charge in [-0.1, -0.05) is 18.5 Å². The van der Waals surface area contributed by atoms with Gasteiger partial charge in [-0.3, -0.25) is 4.79 Å². The molecule has 1 amide bonds. The largest absolute Gasteiger partial charge is 0.495 e. The SMILES string of the molecule is COc1cc(Cl)c(C2(C)CC2)cc1NC(C)=O. The molecule has 0 unspecified atom stereocenters. The number of anilines is 1. The Balaban J connectivity index is 2.45. The normalized spacial score (nSPS) is 16.5. The summed E-state index contributed by atoms with van der Waals surface area (Å²) >= 11 is 6.25. The van der Waals surface area contributed by atoms with Crippen LogP contribution in [-0.2, 0) is 10.2 Å². The summed E-state index contributed by atoms with van der Waals surface area (Å²) in [6.07, 6.45) is 2.27. The van der Waals surface area contributed by atoms with Crippen molar-refractivity contribution in [1.82, 2.24) is 0 Å². The lowest BCUT2D eigenvalue weighted by molar-refractivity contribution is -0.114. The van der Waals surface area contributed by atoms with Crippen LogP contribution < -0.4 is 10.1 Å². The Labute approximate surface area is 106 Å². The average molecular weight is 254 g/mol. The van der Waals surface area contributed by atoms with E-state index in [1.54, 1.807) is 13.2 Å². The molecule has 0 spiro atoms. The van der Waals surface area contributed by atoms with Crippen molar-refractivity contribution in [2.24, 2.45) is 0 Å². The third-order valence-corrected chi connectivity index (χ3v) is 3.56. The summed E-state index contributed by atoms with van der Waals surface area (Å²) in [7, 11) is 1.56. The first-order valence-electron chi connectivity index (χ1n) is 5.62. The molecule has 0 saturated heterocycles. The fourth-order valence-electron chi connectivity index (χ4n) is 1.93. The van der Waals surface area contributed by atoms with Gasteiger partial charge >= 0.3 is 0 Å². The van der Waals surface area contributed by atoms with Crippen LogP contribution in [0.25, 0.3) is 0 Å². The van der Waals surface area contributed by atoms with Gasteiger partial charge in [-0.15, -0.1) is 0 Å². The van der Waals surface area contributed by atoms with Crippen molar-refractivity contribution in [2.75, 3.05) is 12.4 Å². The molecule has 92 valence electrons. The smallest absolute Gasteiger partial charge is 0.221 e. The third-order valence-electron chi connectivity index (χ3n) is 3.25. The second-order valence-electron chi connectivity index (χ2n) is 4.77. The van der Waals surface area contributed by atoms with Crippen molar-refractivity contribution < 1.29 is 9.53 Å². The molecule has 0 bridgehead atoms. The molecule has 0 aromatic heterocycles. The lowest BCUT2D eigenvalue weighted by atomic mass is 9.97. The van der Waals surface area contributed by atoms with Crippen LogP contribution in [0.2, 0.25) is 5.02 Å². The Morgan fingerprint density at radius 1 is 1.47 bits per heavy atom. The number of methoxy groups -OCH3 is 1. The number of carbonyl (C=O) groups excluding carboxylic acids is 1. The summed E-state index contributed by atoms with van der Waals surface area (Å²) in [4.78, 5) is 11.1. The Bertz CT molecular complexity index is 467. The summed E-state index contributed by atoms with van der Waals surface area (Å²) in [5.41, 5.74) is 1.94. The molecule has 0 radical (unpaired) electrons.